The topological polar surface area (TPSA) is 78.4 Å². The number of anilines is 2. The van der Waals surface area contributed by atoms with E-state index >= 15 is 0 Å². The number of hydrogen-bond donors (Lipinski definition) is 1. The molecule has 4 heterocycles. The van der Waals surface area contributed by atoms with Gasteiger partial charge in [-0.25, -0.2) is 4.98 Å². The third kappa shape index (κ3) is 4.04. The maximum absolute atomic E-state index is 14.2. The number of aromatic nitrogens is 2. The van der Waals surface area contributed by atoms with E-state index in [1.54, 1.807) is 6.07 Å². The highest BCUT2D eigenvalue weighted by molar-refractivity contribution is 5.97. The molecule has 1 saturated heterocycles. The molecule has 0 radical (unpaired) electrons. The lowest BCUT2D eigenvalue weighted by Crippen LogP contribution is -2.46. The molecule has 0 saturated carbocycles. The lowest BCUT2D eigenvalue weighted by molar-refractivity contribution is -0.122. The molecule has 2 aromatic heterocycles. The van der Waals surface area contributed by atoms with Gasteiger partial charge in [0, 0.05) is 50.3 Å². The van der Waals surface area contributed by atoms with Crippen LogP contribution in [0.15, 0.2) is 24.4 Å². The quantitative estimate of drug-likeness (QED) is 0.586. The Labute approximate surface area is 181 Å². The van der Waals surface area contributed by atoms with E-state index in [1.165, 1.54) is 6.07 Å². The number of piperazine rings is 1. The van der Waals surface area contributed by atoms with E-state index in [9.17, 15) is 14.0 Å². The molecule has 8 heteroatoms. The molecule has 2 aliphatic rings. The Balaban J connectivity index is 1.42. The van der Waals surface area contributed by atoms with Gasteiger partial charge in [0.25, 0.3) is 0 Å². The van der Waals surface area contributed by atoms with Crippen molar-refractivity contribution in [1.29, 1.82) is 0 Å². The number of nitrogens with zero attached hydrogens (tertiary/aromatic N) is 4. The summed E-state index contributed by atoms with van der Waals surface area (Å²) in [5.41, 5.74) is 3.01. The Morgan fingerprint density at radius 2 is 2.00 bits per heavy atom. The van der Waals surface area contributed by atoms with Gasteiger partial charge in [0.05, 0.1) is 17.1 Å². The van der Waals surface area contributed by atoms with E-state index in [0.29, 0.717) is 31.6 Å². The molecule has 7 nitrogen and oxygen atoms in total. The molecule has 0 aliphatic carbocycles. The van der Waals surface area contributed by atoms with Crippen molar-refractivity contribution in [3.63, 3.8) is 0 Å². The molecule has 1 N–H and O–H groups in total. The Bertz CT molecular complexity index is 1000. The average Bonchev–Trinajstić information content (AvgIpc) is 2.74. The molecule has 0 aromatic carbocycles. The fourth-order valence-corrected chi connectivity index (χ4v) is 4.76. The van der Waals surface area contributed by atoms with Crippen LogP contribution in [-0.2, 0) is 16.8 Å². The third-order valence-electron chi connectivity index (χ3n) is 6.50. The Hall–Kier alpha value is -2.87. The van der Waals surface area contributed by atoms with Crippen LogP contribution in [0.25, 0.3) is 0 Å². The van der Waals surface area contributed by atoms with E-state index in [1.807, 2.05) is 24.1 Å². The van der Waals surface area contributed by atoms with Crippen LogP contribution in [0.2, 0.25) is 0 Å². The summed E-state index contributed by atoms with van der Waals surface area (Å²) in [6, 6.07) is 5.18. The molecule has 2 aliphatic heterocycles. The van der Waals surface area contributed by atoms with Crippen LogP contribution >= 0.6 is 0 Å². The molecular formula is C23H28FN5O2. The zero-order valence-corrected chi connectivity index (χ0v) is 18.2. The SMILES string of the molecule is CCC1C(=O)Nc2cc(CN3CCN(c4ccc(C=O)nc4F)CC3)cnc2C1(C)C. The van der Waals surface area contributed by atoms with Gasteiger partial charge in [-0.1, -0.05) is 20.8 Å². The van der Waals surface area contributed by atoms with Crippen LogP contribution in [0, 0.1) is 11.9 Å². The predicted octanol–water partition coefficient (Wildman–Crippen LogP) is 3.01. The van der Waals surface area contributed by atoms with Crippen molar-refractivity contribution in [1.82, 2.24) is 14.9 Å². The van der Waals surface area contributed by atoms with Crippen LogP contribution in [0.5, 0.6) is 0 Å². The first-order valence-electron chi connectivity index (χ1n) is 10.7. The highest BCUT2D eigenvalue weighted by Gasteiger charge is 2.42. The van der Waals surface area contributed by atoms with Crippen LogP contribution in [-0.4, -0.2) is 53.2 Å². The molecular weight excluding hydrogens is 397 g/mol. The van der Waals surface area contributed by atoms with Crippen LogP contribution in [0.1, 0.15) is 48.9 Å². The summed E-state index contributed by atoms with van der Waals surface area (Å²) in [6.07, 6.45) is 3.22. The van der Waals surface area contributed by atoms with Crippen molar-refractivity contribution in [3.05, 3.63) is 47.3 Å². The number of aldehydes is 1. The lowest BCUT2D eigenvalue weighted by Gasteiger charge is -2.38. The van der Waals surface area contributed by atoms with Crippen molar-refractivity contribution in [2.45, 2.75) is 39.2 Å². The molecule has 0 bridgehead atoms. The second-order valence-electron chi connectivity index (χ2n) is 8.84. The first-order chi connectivity index (χ1) is 14.8. The van der Waals surface area contributed by atoms with Gasteiger partial charge in [-0.2, -0.15) is 4.39 Å². The van der Waals surface area contributed by atoms with Gasteiger partial charge in [-0.15, -0.1) is 0 Å². The fraction of sp³-hybridized carbons (Fsp3) is 0.478. The van der Waals surface area contributed by atoms with E-state index in [4.69, 9.17) is 4.98 Å². The highest BCUT2D eigenvalue weighted by Crippen LogP contribution is 2.41. The standard InChI is InChI=1S/C23H28FN5O2/c1-4-17-22(31)27-18-11-15(12-25-20(18)23(17,2)3)13-28-7-9-29(10-8-28)19-6-5-16(14-30)26-21(19)24/h5-6,11-12,14,17H,4,7-10,13H2,1-3H3,(H,27,31). The summed E-state index contributed by atoms with van der Waals surface area (Å²) >= 11 is 0. The maximum atomic E-state index is 14.2. The monoisotopic (exact) mass is 425 g/mol. The number of halogens is 1. The molecule has 31 heavy (non-hydrogen) atoms. The first kappa shape index (κ1) is 21.4. The smallest absolute Gasteiger partial charge is 0.237 e. The van der Waals surface area contributed by atoms with Gasteiger partial charge >= 0.3 is 0 Å². The summed E-state index contributed by atoms with van der Waals surface area (Å²) < 4.78 is 14.2. The van der Waals surface area contributed by atoms with Crippen molar-refractivity contribution in [2.75, 3.05) is 36.4 Å². The molecule has 2 aromatic rings. The first-order valence-corrected chi connectivity index (χ1v) is 10.7. The van der Waals surface area contributed by atoms with Gasteiger partial charge in [0.2, 0.25) is 11.9 Å². The Kier molecular flexibility index (Phi) is 5.75. The zero-order chi connectivity index (χ0) is 22.2. The highest BCUT2D eigenvalue weighted by atomic mass is 19.1. The number of hydrogen-bond acceptors (Lipinski definition) is 6. The number of amides is 1. The van der Waals surface area contributed by atoms with E-state index < -0.39 is 5.95 Å². The van der Waals surface area contributed by atoms with E-state index in [2.05, 4.69) is 29.0 Å². The normalized spacial score (nSPS) is 20.8. The molecule has 1 unspecified atom stereocenters. The maximum Gasteiger partial charge on any atom is 0.237 e. The van der Waals surface area contributed by atoms with Gasteiger partial charge < -0.3 is 10.2 Å². The fourth-order valence-electron chi connectivity index (χ4n) is 4.76. The minimum atomic E-state index is -0.610. The van der Waals surface area contributed by atoms with Crippen molar-refractivity contribution >= 4 is 23.6 Å². The largest absolute Gasteiger partial charge is 0.365 e. The minimum absolute atomic E-state index is 0.0591. The van der Waals surface area contributed by atoms with Gasteiger partial charge in [-0.05, 0) is 30.2 Å². The summed E-state index contributed by atoms with van der Waals surface area (Å²) in [5, 5.41) is 3.04. The summed E-state index contributed by atoms with van der Waals surface area (Å²) in [5.74, 6) is -0.633. The number of rotatable bonds is 5. The summed E-state index contributed by atoms with van der Waals surface area (Å²) in [7, 11) is 0. The Morgan fingerprint density at radius 1 is 1.26 bits per heavy atom. The zero-order valence-electron chi connectivity index (χ0n) is 18.2. The Morgan fingerprint density at radius 3 is 2.65 bits per heavy atom. The average molecular weight is 426 g/mol. The van der Waals surface area contributed by atoms with Gasteiger partial charge in [0.15, 0.2) is 6.29 Å². The predicted molar refractivity (Wildman–Crippen MR) is 117 cm³/mol. The van der Waals surface area contributed by atoms with Gasteiger partial charge in [-0.3, -0.25) is 19.5 Å². The second kappa shape index (κ2) is 8.34. The summed E-state index contributed by atoms with van der Waals surface area (Å²) in [4.78, 5) is 35.9. The van der Waals surface area contributed by atoms with Gasteiger partial charge in [0.1, 0.15) is 5.69 Å². The van der Waals surface area contributed by atoms with Crippen LogP contribution in [0.4, 0.5) is 15.8 Å². The molecule has 1 fully saturated rings. The van der Waals surface area contributed by atoms with Crippen LogP contribution in [0.3, 0.4) is 0 Å². The second-order valence-corrected chi connectivity index (χ2v) is 8.84. The molecule has 1 atom stereocenters. The number of pyridine rings is 2. The molecule has 1 amide bonds. The molecule has 4 rings (SSSR count). The van der Waals surface area contributed by atoms with Crippen molar-refractivity contribution < 1.29 is 14.0 Å². The van der Waals surface area contributed by atoms with Crippen LogP contribution < -0.4 is 10.2 Å². The number of fused-ring (bicyclic) bond motifs is 1. The third-order valence-corrected chi connectivity index (χ3v) is 6.50. The molecule has 0 spiro atoms. The minimum Gasteiger partial charge on any atom is -0.365 e. The summed E-state index contributed by atoms with van der Waals surface area (Å²) in [6.45, 7) is 9.78. The van der Waals surface area contributed by atoms with E-state index in [-0.39, 0.29) is 22.9 Å². The number of carbonyl (C=O) groups excluding carboxylic acids is 2. The molecule has 164 valence electrons. The van der Waals surface area contributed by atoms with Crippen molar-refractivity contribution in [2.24, 2.45) is 5.92 Å². The lowest BCUT2D eigenvalue weighted by atomic mass is 9.71. The van der Waals surface area contributed by atoms with Crippen molar-refractivity contribution in [3.8, 4) is 0 Å². The number of nitrogens with one attached hydrogen (secondary N) is 1. The van der Waals surface area contributed by atoms with E-state index in [0.717, 1.165) is 36.5 Å². The number of carbonyl (C=O) groups is 2.